The van der Waals surface area contributed by atoms with Gasteiger partial charge in [0.05, 0.1) is 18.5 Å². The van der Waals surface area contributed by atoms with Crippen LogP contribution < -0.4 is 4.74 Å². The molecule has 158 valence electrons. The molecule has 7 heteroatoms. The molecule has 1 unspecified atom stereocenters. The first-order valence-electron chi connectivity index (χ1n) is 9.71. The summed E-state index contributed by atoms with van der Waals surface area (Å²) in [6, 6.07) is 7.62. The number of aromatic nitrogens is 1. The molecule has 0 spiro atoms. The van der Waals surface area contributed by atoms with E-state index in [0.29, 0.717) is 29.5 Å². The Balaban J connectivity index is 2.30. The maximum absolute atomic E-state index is 14.5. The lowest BCUT2D eigenvalue weighted by atomic mass is 9.91. The maximum Gasteiger partial charge on any atom is 0.311 e. The maximum atomic E-state index is 14.5. The van der Waals surface area contributed by atoms with Gasteiger partial charge in [0.1, 0.15) is 5.82 Å². The number of carbonyl (C=O) groups is 2. The summed E-state index contributed by atoms with van der Waals surface area (Å²) in [7, 11) is 1.32. The zero-order chi connectivity index (χ0) is 22.0. The van der Waals surface area contributed by atoms with Crippen LogP contribution in [0.5, 0.6) is 5.75 Å². The zero-order valence-electron chi connectivity index (χ0n) is 17.0. The Morgan fingerprint density at radius 3 is 2.40 bits per heavy atom. The molecular weight excluding hydrogens is 392 g/mol. The number of halogens is 2. The Labute approximate surface area is 172 Å². The van der Waals surface area contributed by atoms with Crippen LogP contribution in [0, 0.1) is 18.6 Å². The van der Waals surface area contributed by atoms with Crippen LogP contribution in [0.15, 0.2) is 36.4 Å². The SMILES string of the molecule is CCCCC(C(=O)O)c1c(C)n(C(=O)c2ccc(F)cc2)c2cc(F)c(OC)cc12. The number of rotatable bonds is 7. The molecule has 0 radical (unpaired) electrons. The lowest BCUT2D eigenvalue weighted by Gasteiger charge is -2.14. The molecule has 0 fully saturated rings. The van der Waals surface area contributed by atoms with Crippen molar-refractivity contribution in [2.24, 2.45) is 0 Å². The van der Waals surface area contributed by atoms with Gasteiger partial charge in [-0.2, -0.15) is 0 Å². The Bertz CT molecular complexity index is 1100. The number of carboxylic acids is 1. The van der Waals surface area contributed by atoms with Crippen LogP contribution in [0.25, 0.3) is 10.9 Å². The van der Waals surface area contributed by atoms with Crippen molar-refractivity contribution in [2.45, 2.75) is 39.0 Å². The van der Waals surface area contributed by atoms with E-state index in [4.69, 9.17) is 4.74 Å². The summed E-state index contributed by atoms with van der Waals surface area (Å²) in [5, 5.41) is 10.3. The van der Waals surface area contributed by atoms with E-state index in [1.807, 2.05) is 6.92 Å². The number of ether oxygens (including phenoxy) is 1. The van der Waals surface area contributed by atoms with Crippen molar-refractivity contribution in [3.63, 3.8) is 0 Å². The van der Waals surface area contributed by atoms with Crippen LogP contribution in [0.4, 0.5) is 8.78 Å². The van der Waals surface area contributed by atoms with Crippen molar-refractivity contribution < 1.29 is 28.2 Å². The normalized spacial score (nSPS) is 12.2. The Morgan fingerprint density at radius 2 is 1.83 bits per heavy atom. The first kappa shape index (κ1) is 21.5. The van der Waals surface area contributed by atoms with Crippen molar-refractivity contribution in [3.05, 3.63) is 64.9 Å². The summed E-state index contributed by atoms with van der Waals surface area (Å²) in [5.41, 5.74) is 1.33. The molecule has 1 atom stereocenters. The molecule has 0 saturated carbocycles. The number of carboxylic acid groups (broad SMARTS) is 1. The molecule has 1 heterocycles. The van der Waals surface area contributed by atoms with Gasteiger partial charge in [-0.3, -0.25) is 14.2 Å². The average molecular weight is 415 g/mol. The fourth-order valence-electron chi connectivity index (χ4n) is 3.82. The van der Waals surface area contributed by atoms with Crippen molar-refractivity contribution >= 4 is 22.8 Å². The topological polar surface area (TPSA) is 68.5 Å². The number of hydrogen-bond donors (Lipinski definition) is 1. The van der Waals surface area contributed by atoms with Crippen molar-refractivity contribution in [1.29, 1.82) is 0 Å². The number of methoxy groups -OCH3 is 1. The third kappa shape index (κ3) is 3.79. The van der Waals surface area contributed by atoms with Gasteiger partial charge in [0, 0.05) is 22.7 Å². The quantitative estimate of drug-likeness (QED) is 0.570. The van der Waals surface area contributed by atoms with Crippen LogP contribution >= 0.6 is 0 Å². The monoisotopic (exact) mass is 415 g/mol. The Morgan fingerprint density at radius 1 is 1.17 bits per heavy atom. The minimum atomic E-state index is -1.01. The zero-order valence-corrected chi connectivity index (χ0v) is 17.0. The Kier molecular flexibility index (Phi) is 6.20. The van der Waals surface area contributed by atoms with Crippen molar-refractivity contribution in [3.8, 4) is 5.75 Å². The molecule has 30 heavy (non-hydrogen) atoms. The highest BCUT2D eigenvalue weighted by Crippen LogP contribution is 2.38. The fourth-order valence-corrected chi connectivity index (χ4v) is 3.82. The molecule has 3 rings (SSSR count). The van der Waals surface area contributed by atoms with Gasteiger partial charge in [0.25, 0.3) is 5.91 Å². The summed E-state index contributed by atoms with van der Waals surface area (Å²) in [6.45, 7) is 3.61. The van der Waals surface area contributed by atoms with Gasteiger partial charge >= 0.3 is 5.97 Å². The minimum Gasteiger partial charge on any atom is -0.494 e. The average Bonchev–Trinajstić information content (AvgIpc) is 2.98. The highest BCUT2D eigenvalue weighted by atomic mass is 19.1. The van der Waals surface area contributed by atoms with Gasteiger partial charge < -0.3 is 9.84 Å². The van der Waals surface area contributed by atoms with Crippen LogP contribution in [-0.4, -0.2) is 28.7 Å². The molecular formula is C23H23F2NO4. The van der Waals surface area contributed by atoms with Crippen LogP contribution in [0.1, 0.15) is 53.7 Å². The molecule has 5 nitrogen and oxygen atoms in total. The molecule has 2 aromatic carbocycles. The van der Waals surface area contributed by atoms with E-state index >= 15 is 0 Å². The second-order valence-corrected chi connectivity index (χ2v) is 7.18. The molecule has 0 amide bonds. The van der Waals surface area contributed by atoms with E-state index in [0.717, 1.165) is 6.42 Å². The Hall–Kier alpha value is -3.22. The smallest absolute Gasteiger partial charge is 0.311 e. The third-order valence-corrected chi connectivity index (χ3v) is 5.31. The number of nitrogens with zero attached hydrogens (tertiary/aromatic N) is 1. The molecule has 0 bridgehead atoms. The number of hydrogen-bond acceptors (Lipinski definition) is 3. The van der Waals surface area contributed by atoms with E-state index in [1.165, 1.54) is 48.1 Å². The lowest BCUT2D eigenvalue weighted by molar-refractivity contribution is -0.139. The molecule has 0 aliphatic carbocycles. The minimum absolute atomic E-state index is 0.0326. The van der Waals surface area contributed by atoms with Gasteiger partial charge in [0.2, 0.25) is 0 Å². The number of aliphatic carboxylic acids is 1. The largest absolute Gasteiger partial charge is 0.494 e. The lowest BCUT2D eigenvalue weighted by Crippen LogP contribution is -2.16. The summed E-state index contributed by atoms with van der Waals surface area (Å²) in [5.74, 6) is -3.54. The van der Waals surface area contributed by atoms with Gasteiger partial charge in [-0.1, -0.05) is 19.8 Å². The van der Waals surface area contributed by atoms with Crippen molar-refractivity contribution in [2.75, 3.05) is 7.11 Å². The van der Waals surface area contributed by atoms with Gasteiger partial charge in [0.15, 0.2) is 11.6 Å². The van der Waals surface area contributed by atoms with Gasteiger partial charge in [-0.15, -0.1) is 0 Å². The molecule has 1 aromatic heterocycles. The van der Waals surface area contributed by atoms with Crippen molar-refractivity contribution in [1.82, 2.24) is 4.57 Å². The van der Waals surface area contributed by atoms with Gasteiger partial charge in [-0.05, 0) is 49.2 Å². The van der Waals surface area contributed by atoms with E-state index < -0.39 is 29.4 Å². The third-order valence-electron chi connectivity index (χ3n) is 5.31. The van der Waals surface area contributed by atoms with Crippen LogP contribution in [0.3, 0.4) is 0 Å². The molecule has 1 N–H and O–H groups in total. The van der Waals surface area contributed by atoms with E-state index in [1.54, 1.807) is 6.92 Å². The van der Waals surface area contributed by atoms with E-state index in [9.17, 15) is 23.5 Å². The van der Waals surface area contributed by atoms with Crippen LogP contribution in [-0.2, 0) is 4.79 Å². The molecule has 0 aliphatic rings. The summed E-state index contributed by atoms with van der Waals surface area (Å²) in [6.07, 6.45) is 1.89. The second kappa shape index (κ2) is 8.65. The molecule has 0 saturated heterocycles. The predicted molar refractivity (Wildman–Crippen MR) is 109 cm³/mol. The number of fused-ring (bicyclic) bond motifs is 1. The summed E-state index contributed by atoms with van der Waals surface area (Å²) >= 11 is 0. The fraction of sp³-hybridized carbons (Fsp3) is 0.304. The predicted octanol–water partition coefficient (Wildman–Crippen LogP) is 5.28. The van der Waals surface area contributed by atoms with Crippen LogP contribution in [0.2, 0.25) is 0 Å². The summed E-state index contributed by atoms with van der Waals surface area (Å²) in [4.78, 5) is 25.3. The highest BCUT2D eigenvalue weighted by molar-refractivity contribution is 6.05. The first-order chi connectivity index (χ1) is 14.3. The first-order valence-corrected chi connectivity index (χ1v) is 9.71. The standard InChI is InChI=1S/C23H23F2NO4/c1-4-5-6-16(23(28)29)21-13(2)26(22(27)14-7-9-15(24)10-8-14)19-12-18(25)20(30-3)11-17(19)21/h7-12,16H,4-6H2,1-3H3,(H,28,29). The molecule has 3 aromatic rings. The molecule has 0 aliphatic heterocycles. The number of unbranched alkanes of at least 4 members (excludes halogenated alkanes) is 1. The number of carbonyl (C=O) groups excluding carboxylic acids is 1. The highest BCUT2D eigenvalue weighted by Gasteiger charge is 2.30. The van der Waals surface area contributed by atoms with E-state index in [-0.39, 0.29) is 16.8 Å². The summed E-state index contributed by atoms with van der Waals surface area (Å²) < 4.78 is 34.2. The number of benzene rings is 2. The van der Waals surface area contributed by atoms with Gasteiger partial charge in [-0.25, -0.2) is 8.78 Å². The van der Waals surface area contributed by atoms with E-state index in [2.05, 4.69) is 0 Å². The second-order valence-electron chi connectivity index (χ2n) is 7.18.